The lowest BCUT2D eigenvalue weighted by atomic mass is 10.2. The number of aliphatic hydroxyl groups is 1. The molecule has 114 valence electrons. The van der Waals surface area contributed by atoms with Gasteiger partial charge in [-0.25, -0.2) is 13.4 Å². The van der Waals surface area contributed by atoms with Crippen LogP contribution in [0.25, 0.3) is 0 Å². The lowest BCUT2D eigenvalue weighted by Crippen LogP contribution is -2.44. The first-order valence-electron chi connectivity index (χ1n) is 6.69. The van der Waals surface area contributed by atoms with Gasteiger partial charge in [0, 0.05) is 18.7 Å². The van der Waals surface area contributed by atoms with Crippen molar-refractivity contribution in [1.82, 2.24) is 9.84 Å². The summed E-state index contributed by atoms with van der Waals surface area (Å²) in [5.41, 5.74) is 0.561. The van der Waals surface area contributed by atoms with Crippen molar-refractivity contribution in [2.24, 2.45) is 0 Å². The Labute approximate surface area is 129 Å². The molecule has 21 heavy (non-hydrogen) atoms. The quantitative estimate of drug-likeness (QED) is 0.822. The van der Waals surface area contributed by atoms with Gasteiger partial charge < -0.3 is 5.11 Å². The zero-order valence-corrected chi connectivity index (χ0v) is 13.0. The van der Waals surface area contributed by atoms with Crippen molar-refractivity contribution in [3.63, 3.8) is 0 Å². The minimum Gasteiger partial charge on any atom is -0.384 e. The summed E-state index contributed by atoms with van der Waals surface area (Å²) in [5.74, 6) is 5.17. The minimum atomic E-state index is -3.68. The largest absolute Gasteiger partial charge is 0.384 e. The second kappa shape index (κ2) is 7.25. The van der Waals surface area contributed by atoms with E-state index in [1.165, 1.54) is 12.1 Å². The Balaban J connectivity index is 2.19. The van der Waals surface area contributed by atoms with Crippen LogP contribution in [0, 0.1) is 11.8 Å². The van der Waals surface area contributed by atoms with Crippen LogP contribution < -0.4 is 4.83 Å². The maximum atomic E-state index is 12.3. The molecule has 1 aromatic rings. The fourth-order valence-electron chi connectivity index (χ4n) is 2.14. The molecule has 5 nitrogen and oxygen atoms in total. The van der Waals surface area contributed by atoms with E-state index in [2.05, 4.69) is 16.7 Å². The third-order valence-corrected chi connectivity index (χ3v) is 5.00. The van der Waals surface area contributed by atoms with E-state index in [4.69, 9.17) is 16.7 Å². The average molecular weight is 329 g/mol. The highest BCUT2D eigenvalue weighted by Crippen LogP contribution is 2.23. The van der Waals surface area contributed by atoms with Crippen molar-refractivity contribution < 1.29 is 13.5 Å². The van der Waals surface area contributed by atoms with Crippen LogP contribution in [0.2, 0.25) is 5.02 Å². The summed E-state index contributed by atoms with van der Waals surface area (Å²) in [5, 5.41) is 10.5. The molecule has 0 bridgehead atoms. The third kappa shape index (κ3) is 4.43. The first-order chi connectivity index (χ1) is 10.0. The first kappa shape index (κ1) is 16.3. The summed E-state index contributed by atoms with van der Waals surface area (Å²) >= 11 is 6.04. The van der Waals surface area contributed by atoms with Crippen molar-refractivity contribution in [3.8, 4) is 11.8 Å². The number of aliphatic hydroxyl groups excluding tert-OH is 1. The maximum Gasteiger partial charge on any atom is 0.254 e. The van der Waals surface area contributed by atoms with Gasteiger partial charge in [0.15, 0.2) is 0 Å². The molecule has 2 N–H and O–H groups in total. The van der Waals surface area contributed by atoms with Gasteiger partial charge in [0.1, 0.15) is 11.5 Å². The molecular formula is C14H17ClN2O3S. The highest BCUT2D eigenvalue weighted by molar-refractivity contribution is 7.89. The van der Waals surface area contributed by atoms with Gasteiger partial charge in [0.25, 0.3) is 10.0 Å². The van der Waals surface area contributed by atoms with Gasteiger partial charge in [0.05, 0.1) is 5.02 Å². The molecule has 1 aliphatic rings. The van der Waals surface area contributed by atoms with E-state index < -0.39 is 10.0 Å². The molecule has 7 heteroatoms. The Morgan fingerprint density at radius 3 is 2.62 bits per heavy atom. The Hall–Kier alpha value is -1.10. The summed E-state index contributed by atoms with van der Waals surface area (Å²) in [4.78, 5) is 2.59. The molecule has 0 aliphatic carbocycles. The number of halogens is 1. The number of hydrogen-bond acceptors (Lipinski definition) is 4. The summed E-state index contributed by atoms with van der Waals surface area (Å²) in [6.45, 7) is 1.15. The molecule has 1 aliphatic heterocycles. The van der Waals surface area contributed by atoms with Crippen molar-refractivity contribution in [1.29, 1.82) is 0 Å². The molecule has 2 rings (SSSR count). The average Bonchev–Trinajstić information content (AvgIpc) is 2.45. The smallest absolute Gasteiger partial charge is 0.254 e. The van der Waals surface area contributed by atoms with Gasteiger partial charge in [-0.05, 0) is 31.0 Å². The molecule has 0 aromatic heterocycles. The van der Waals surface area contributed by atoms with Crippen molar-refractivity contribution in [2.75, 3.05) is 19.7 Å². The van der Waals surface area contributed by atoms with Gasteiger partial charge in [-0.3, -0.25) is 0 Å². The summed E-state index contributed by atoms with van der Waals surface area (Å²) < 4.78 is 24.7. The number of piperidine rings is 1. The number of nitrogens with one attached hydrogen (secondary N) is 1. The van der Waals surface area contributed by atoms with E-state index >= 15 is 0 Å². The van der Waals surface area contributed by atoms with Gasteiger partial charge >= 0.3 is 0 Å². The van der Waals surface area contributed by atoms with E-state index in [0.29, 0.717) is 18.7 Å². The second-order valence-corrected chi connectivity index (χ2v) is 6.78. The van der Waals surface area contributed by atoms with Crippen molar-refractivity contribution in [2.45, 2.75) is 24.2 Å². The molecule has 1 saturated heterocycles. The van der Waals surface area contributed by atoms with E-state index in [1.54, 1.807) is 11.1 Å². The summed E-state index contributed by atoms with van der Waals surface area (Å²) in [6, 6.07) is 4.48. The first-order valence-corrected chi connectivity index (χ1v) is 8.56. The maximum absolute atomic E-state index is 12.3. The predicted octanol–water partition coefficient (Wildman–Crippen LogP) is 1.36. The van der Waals surface area contributed by atoms with Crippen LogP contribution in [0.5, 0.6) is 0 Å². The van der Waals surface area contributed by atoms with Crippen molar-refractivity contribution >= 4 is 21.6 Å². The Morgan fingerprint density at radius 1 is 1.29 bits per heavy atom. The van der Waals surface area contributed by atoms with Gasteiger partial charge in [-0.1, -0.05) is 29.9 Å². The SMILES string of the molecule is O=S(=O)(NN1CCCCC1)c1ccc(C#CCO)cc1Cl. The number of hydrogen-bond donors (Lipinski definition) is 2. The molecule has 1 heterocycles. The van der Waals surface area contributed by atoms with E-state index in [-0.39, 0.29) is 16.5 Å². The fraction of sp³-hybridized carbons (Fsp3) is 0.429. The molecule has 1 aromatic carbocycles. The normalized spacial score (nSPS) is 16.3. The van der Waals surface area contributed by atoms with Crippen LogP contribution in [0.15, 0.2) is 23.1 Å². The van der Waals surface area contributed by atoms with E-state index in [9.17, 15) is 8.42 Å². The standard InChI is InChI=1S/C14H17ClN2O3S/c15-13-11-12(5-4-10-18)6-7-14(13)21(19,20)16-17-8-2-1-3-9-17/h6-7,11,16,18H,1-3,8-10H2. The second-order valence-electron chi connectivity index (χ2n) is 4.75. The fourth-order valence-corrected chi connectivity index (χ4v) is 3.81. The molecular weight excluding hydrogens is 312 g/mol. The number of sulfonamides is 1. The van der Waals surface area contributed by atoms with Crippen LogP contribution >= 0.6 is 11.6 Å². The lowest BCUT2D eigenvalue weighted by Gasteiger charge is -2.26. The van der Waals surface area contributed by atoms with Crippen LogP contribution in [0.1, 0.15) is 24.8 Å². The molecule has 0 unspecified atom stereocenters. The molecule has 1 fully saturated rings. The van der Waals surface area contributed by atoms with Crippen LogP contribution in [-0.2, 0) is 10.0 Å². The Kier molecular flexibility index (Phi) is 5.62. The number of nitrogens with zero attached hydrogens (tertiary/aromatic N) is 1. The Bertz CT molecular complexity index is 659. The zero-order valence-electron chi connectivity index (χ0n) is 11.5. The lowest BCUT2D eigenvalue weighted by molar-refractivity contribution is 0.200. The molecule has 0 spiro atoms. The molecule has 0 saturated carbocycles. The number of benzene rings is 1. The number of rotatable bonds is 3. The molecule has 0 atom stereocenters. The van der Waals surface area contributed by atoms with Crippen LogP contribution in [0.3, 0.4) is 0 Å². The van der Waals surface area contributed by atoms with Gasteiger partial charge in [-0.2, -0.15) is 0 Å². The summed E-state index contributed by atoms with van der Waals surface area (Å²) in [7, 11) is -3.68. The Morgan fingerprint density at radius 2 is 2.00 bits per heavy atom. The highest BCUT2D eigenvalue weighted by atomic mass is 35.5. The minimum absolute atomic E-state index is 0.0317. The van der Waals surface area contributed by atoms with Crippen LogP contribution in [0.4, 0.5) is 0 Å². The number of hydrazine groups is 1. The summed E-state index contributed by atoms with van der Waals surface area (Å²) in [6.07, 6.45) is 3.08. The highest BCUT2D eigenvalue weighted by Gasteiger charge is 2.22. The van der Waals surface area contributed by atoms with Gasteiger partial charge in [-0.15, -0.1) is 4.83 Å². The third-order valence-electron chi connectivity index (χ3n) is 3.14. The molecule has 0 radical (unpaired) electrons. The van der Waals surface area contributed by atoms with E-state index in [0.717, 1.165) is 19.3 Å². The monoisotopic (exact) mass is 328 g/mol. The zero-order chi connectivity index (χ0) is 15.3. The van der Waals surface area contributed by atoms with Crippen LogP contribution in [-0.4, -0.2) is 38.2 Å². The van der Waals surface area contributed by atoms with E-state index in [1.807, 2.05) is 0 Å². The van der Waals surface area contributed by atoms with Crippen molar-refractivity contribution in [3.05, 3.63) is 28.8 Å². The topological polar surface area (TPSA) is 69.6 Å². The predicted molar refractivity (Wildman–Crippen MR) is 81.2 cm³/mol. The molecule has 0 amide bonds. The van der Waals surface area contributed by atoms with Gasteiger partial charge in [0.2, 0.25) is 0 Å².